The molecule has 7 heteroatoms. The number of hydrogen-bond acceptors (Lipinski definition) is 3. The molecule has 0 saturated carbocycles. The Morgan fingerprint density at radius 2 is 1.52 bits per heavy atom. The zero-order valence-corrected chi connectivity index (χ0v) is 15.9. The number of nitrogens with one attached hydrogen (secondary N) is 3. The van der Waals surface area contributed by atoms with Crippen molar-refractivity contribution in [2.45, 2.75) is 26.3 Å². The van der Waals surface area contributed by atoms with Gasteiger partial charge in [0.05, 0.1) is 7.05 Å². The third-order valence-corrected chi connectivity index (χ3v) is 3.26. The number of nitrogens with zero attached hydrogens (tertiary/aromatic N) is 1. The molecule has 1 aromatic carbocycles. The minimum absolute atomic E-state index is 0.0908. The predicted molar refractivity (Wildman–Crippen MR) is 97.6 cm³/mol. The van der Waals surface area contributed by atoms with E-state index >= 15 is 0 Å². The summed E-state index contributed by atoms with van der Waals surface area (Å²) < 4.78 is 0. The second-order valence-electron chi connectivity index (χ2n) is 7.43. The Bertz CT molecular complexity index is 618. The number of anilines is 1. The molecule has 0 aliphatic carbocycles. The van der Waals surface area contributed by atoms with E-state index in [4.69, 9.17) is 0 Å². The number of quaternary nitrogens is 1. The molecule has 1 unspecified atom stereocenters. The molecule has 0 fully saturated rings. The number of rotatable bonds is 6. The standard InChI is InChI=1S/C18H28N4O3/c1-18(2,3)20-16(24)12-22(6)11-15(23)19-14-9-7-13(8-10-14)17(25)21(4)5/h7-10H,11-12H2,1-6H3,(H,19,23)(H,20,24)/p+1. The fourth-order valence-corrected chi connectivity index (χ4v) is 2.23. The van der Waals surface area contributed by atoms with E-state index in [0.717, 1.165) is 4.90 Å². The number of carbonyl (C=O) groups is 3. The van der Waals surface area contributed by atoms with Gasteiger partial charge in [-0.15, -0.1) is 0 Å². The molecule has 25 heavy (non-hydrogen) atoms. The molecule has 0 radical (unpaired) electrons. The average molecular weight is 349 g/mol. The number of amides is 3. The lowest BCUT2D eigenvalue weighted by molar-refractivity contribution is -0.862. The highest BCUT2D eigenvalue weighted by Gasteiger charge is 2.19. The van der Waals surface area contributed by atoms with Crippen LogP contribution in [0.4, 0.5) is 5.69 Å². The molecule has 0 aliphatic heterocycles. The SMILES string of the molecule is CN(C)C(=O)c1ccc(NC(=O)C[NH+](C)CC(=O)NC(C)(C)C)cc1. The van der Waals surface area contributed by atoms with E-state index in [-0.39, 0.29) is 36.3 Å². The van der Waals surface area contributed by atoms with Gasteiger partial charge in [-0.1, -0.05) is 0 Å². The predicted octanol–water partition coefficient (Wildman–Crippen LogP) is -0.244. The Balaban J connectivity index is 2.51. The van der Waals surface area contributed by atoms with Crippen molar-refractivity contribution in [3.63, 3.8) is 0 Å². The molecule has 0 spiro atoms. The van der Waals surface area contributed by atoms with Crippen LogP contribution in [0.1, 0.15) is 31.1 Å². The smallest absolute Gasteiger partial charge is 0.279 e. The van der Waals surface area contributed by atoms with Crippen LogP contribution in [0.5, 0.6) is 0 Å². The second-order valence-corrected chi connectivity index (χ2v) is 7.43. The third kappa shape index (κ3) is 7.80. The van der Waals surface area contributed by atoms with Crippen LogP contribution < -0.4 is 15.5 Å². The monoisotopic (exact) mass is 349 g/mol. The van der Waals surface area contributed by atoms with Crippen molar-refractivity contribution < 1.29 is 19.3 Å². The van der Waals surface area contributed by atoms with Gasteiger partial charge in [-0.2, -0.15) is 0 Å². The summed E-state index contributed by atoms with van der Waals surface area (Å²) >= 11 is 0. The largest absolute Gasteiger partial charge is 0.347 e. The van der Waals surface area contributed by atoms with Crippen LogP contribution in [0.3, 0.4) is 0 Å². The van der Waals surface area contributed by atoms with Crippen molar-refractivity contribution in [2.75, 3.05) is 39.5 Å². The first kappa shape index (κ1) is 20.6. The highest BCUT2D eigenvalue weighted by atomic mass is 16.2. The summed E-state index contributed by atoms with van der Waals surface area (Å²) in [5, 5.41) is 5.64. The maximum atomic E-state index is 12.1. The number of benzene rings is 1. The van der Waals surface area contributed by atoms with Crippen LogP contribution in [0.15, 0.2) is 24.3 Å². The van der Waals surface area contributed by atoms with Crippen molar-refractivity contribution >= 4 is 23.4 Å². The fourth-order valence-electron chi connectivity index (χ4n) is 2.23. The Kier molecular flexibility index (Phi) is 7.11. The summed E-state index contributed by atoms with van der Waals surface area (Å²) in [5.41, 5.74) is 0.891. The second kappa shape index (κ2) is 8.62. The Morgan fingerprint density at radius 1 is 1.00 bits per heavy atom. The van der Waals surface area contributed by atoms with E-state index in [0.29, 0.717) is 11.3 Å². The summed E-state index contributed by atoms with van der Waals surface area (Å²) in [6, 6.07) is 6.73. The summed E-state index contributed by atoms with van der Waals surface area (Å²) in [7, 11) is 5.17. The summed E-state index contributed by atoms with van der Waals surface area (Å²) in [6.45, 7) is 6.14. The first-order valence-electron chi connectivity index (χ1n) is 8.22. The maximum absolute atomic E-state index is 12.1. The van der Waals surface area contributed by atoms with E-state index in [9.17, 15) is 14.4 Å². The van der Waals surface area contributed by atoms with E-state index in [1.54, 1.807) is 45.4 Å². The normalized spacial score (nSPS) is 12.2. The average Bonchev–Trinajstić information content (AvgIpc) is 2.44. The Labute approximate surface area is 149 Å². The van der Waals surface area contributed by atoms with E-state index < -0.39 is 0 Å². The topological polar surface area (TPSA) is 83.0 Å². The maximum Gasteiger partial charge on any atom is 0.279 e. The van der Waals surface area contributed by atoms with E-state index in [1.807, 2.05) is 20.8 Å². The number of likely N-dealkylation sites (N-methyl/N-ethyl adjacent to an activating group) is 1. The van der Waals surface area contributed by atoms with Gasteiger partial charge in [0, 0.05) is 30.9 Å². The lowest BCUT2D eigenvalue weighted by Gasteiger charge is -2.21. The molecule has 3 N–H and O–H groups in total. The minimum Gasteiger partial charge on any atom is -0.347 e. The lowest BCUT2D eigenvalue weighted by atomic mass is 10.1. The van der Waals surface area contributed by atoms with Gasteiger partial charge >= 0.3 is 0 Å². The van der Waals surface area contributed by atoms with Gasteiger partial charge in [0.15, 0.2) is 13.1 Å². The van der Waals surface area contributed by atoms with Gasteiger partial charge in [-0.25, -0.2) is 0 Å². The van der Waals surface area contributed by atoms with E-state index in [2.05, 4.69) is 10.6 Å². The van der Waals surface area contributed by atoms with E-state index in [1.165, 1.54) is 4.90 Å². The summed E-state index contributed by atoms with van der Waals surface area (Å²) in [4.78, 5) is 38.1. The molecule has 7 nitrogen and oxygen atoms in total. The third-order valence-electron chi connectivity index (χ3n) is 3.26. The van der Waals surface area contributed by atoms with Crippen LogP contribution in [-0.4, -0.2) is 62.4 Å². The molecule has 0 heterocycles. The van der Waals surface area contributed by atoms with Gasteiger partial charge in [-0.05, 0) is 45.0 Å². The molecule has 1 aromatic rings. The fraction of sp³-hybridized carbons (Fsp3) is 0.500. The Hall–Kier alpha value is -2.41. The van der Waals surface area contributed by atoms with Crippen LogP contribution in [0, 0.1) is 0 Å². The molecule has 0 aliphatic rings. The quantitative estimate of drug-likeness (QED) is 0.663. The first-order valence-corrected chi connectivity index (χ1v) is 8.22. The zero-order chi connectivity index (χ0) is 19.2. The first-order chi connectivity index (χ1) is 11.5. The molecular weight excluding hydrogens is 320 g/mol. The van der Waals surface area contributed by atoms with Crippen molar-refractivity contribution in [1.29, 1.82) is 0 Å². The molecule has 1 atom stereocenters. The molecular formula is C18H29N4O3+. The number of hydrogen-bond donors (Lipinski definition) is 3. The van der Waals surface area contributed by atoms with Crippen LogP contribution in [0.2, 0.25) is 0 Å². The highest BCUT2D eigenvalue weighted by Crippen LogP contribution is 2.10. The van der Waals surface area contributed by atoms with Gasteiger partial charge in [0.2, 0.25) is 0 Å². The molecule has 0 saturated heterocycles. The molecule has 0 aromatic heterocycles. The van der Waals surface area contributed by atoms with Crippen molar-refractivity contribution in [3.05, 3.63) is 29.8 Å². The van der Waals surface area contributed by atoms with Gasteiger partial charge in [-0.3, -0.25) is 14.4 Å². The van der Waals surface area contributed by atoms with Crippen LogP contribution in [0.25, 0.3) is 0 Å². The highest BCUT2D eigenvalue weighted by molar-refractivity contribution is 5.95. The zero-order valence-electron chi connectivity index (χ0n) is 15.9. The van der Waals surface area contributed by atoms with Gasteiger partial charge in [0.1, 0.15) is 0 Å². The van der Waals surface area contributed by atoms with Crippen molar-refractivity contribution in [2.24, 2.45) is 0 Å². The molecule has 138 valence electrons. The van der Waals surface area contributed by atoms with Crippen LogP contribution in [-0.2, 0) is 9.59 Å². The minimum atomic E-state index is -0.286. The number of carbonyl (C=O) groups excluding carboxylic acids is 3. The molecule has 3 amide bonds. The van der Waals surface area contributed by atoms with Crippen LogP contribution >= 0.6 is 0 Å². The molecule has 1 rings (SSSR count). The van der Waals surface area contributed by atoms with Gasteiger partial charge < -0.3 is 20.4 Å². The Morgan fingerprint density at radius 3 is 2.00 bits per heavy atom. The molecule has 0 bridgehead atoms. The van der Waals surface area contributed by atoms with Crippen molar-refractivity contribution in [3.8, 4) is 0 Å². The lowest BCUT2D eigenvalue weighted by Crippen LogP contribution is -3.11. The van der Waals surface area contributed by atoms with Gasteiger partial charge in [0.25, 0.3) is 17.7 Å². The summed E-state index contributed by atoms with van der Waals surface area (Å²) in [6.07, 6.45) is 0. The summed E-state index contributed by atoms with van der Waals surface area (Å²) in [5.74, 6) is -0.371. The van der Waals surface area contributed by atoms with Crippen molar-refractivity contribution in [1.82, 2.24) is 10.2 Å².